The molecule has 172 valence electrons. The summed E-state index contributed by atoms with van der Waals surface area (Å²) in [5, 5.41) is 1.79. The van der Waals surface area contributed by atoms with Crippen molar-refractivity contribution in [3.05, 3.63) is 60.7 Å². The van der Waals surface area contributed by atoms with Gasteiger partial charge in [-0.3, -0.25) is 14.4 Å². The van der Waals surface area contributed by atoms with Crippen molar-refractivity contribution in [1.29, 1.82) is 0 Å². The van der Waals surface area contributed by atoms with Crippen LogP contribution in [-0.4, -0.2) is 44.9 Å². The van der Waals surface area contributed by atoms with E-state index in [4.69, 9.17) is 13.9 Å². The molecule has 2 atom stereocenters. The van der Waals surface area contributed by atoms with E-state index in [2.05, 4.69) is 20.8 Å². The first kappa shape index (κ1) is 25.5. The van der Waals surface area contributed by atoms with Crippen molar-refractivity contribution in [2.24, 2.45) is 0 Å². The van der Waals surface area contributed by atoms with E-state index < -0.39 is 38.2 Å². The molecular weight excluding hydrogens is 424 g/mol. The number of rotatable bonds is 9. The monoisotopic (exact) mass is 456 g/mol. The largest absolute Gasteiger partial charge is 0.456 e. The van der Waals surface area contributed by atoms with Crippen LogP contribution in [0.5, 0.6) is 0 Å². The second-order valence-electron chi connectivity index (χ2n) is 8.76. The van der Waals surface area contributed by atoms with E-state index in [9.17, 15) is 14.4 Å². The first-order valence-electron chi connectivity index (χ1n) is 10.6. The Morgan fingerprint density at radius 3 is 1.56 bits per heavy atom. The number of carbonyl (C=O) groups is 3. The molecule has 0 spiro atoms. The van der Waals surface area contributed by atoms with Gasteiger partial charge in [-0.05, 0) is 22.3 Å². The Labute approximate surface area is 191 Å². The first-order chi connectivity index (χ1) is 15.0. The number of ether oxygens (including phenoxy) is 2. The number of hydrogen-bond donors (Lipinski definition) is 0. The Morgan fingerprint density at radius 2 is 1.22 bits per heavy atom. The summed E-state index contributed by atoms with van der Waals surface area (Å²) in [6.07, 6.45) is -2.30. The van der Waals surface area contributed by atoms with E-state index in [1.807, 2.05) is 60.7 Å². The first-order valence-corrected chi connectivity index (χ1v) is 12.5. The highest BCUT2D eigenvalue weighted by Crippen LogP contribution is 2.37. The molecule has 0 fully saturated rings. The molecule has 0 aromatic heterocycles. The van der Waals surface area contributed by atoms with E-state index in [0.717, 1.165) is 10.4 Å². The normalized spacial score (nSPS) is 13.7. The highest BCUT2D eigenvalue weighted by Gasteiger charge is 2.51. The molecule has 0 amide bonds. The molecular formula is C25H32O6Si. The van der Waals surface area contributed by atoms with Crippen molar-refractivity contribution >= 4 is 36.4 Å². The van der Waals surface area contributed by atoms with Gasteiger partial charge in [0, 0.05) is 13.8 Å². The van der Waals surface area contributed by atoms with Gasteiger partial charge in [-0.15, -0.1) is 0 Å². The maximum Gasteiger partial charge on any atom is 0.303 e. The van der Waals surface area contributed by atoms with Crippen LogP contribution < -0.4 is 10.4 Å². The fourth-order valence-corrected chi connectivity index (χ4v) is 8.53. The second kappa shape index (κ2) is 10.7. The molecule has 2 aromatic carbocycles. The molecule has 0 unspecified atom stereocenters. The molecule has 0 N–H and O–H groups in total. The van der Waals surface area contributed by atoms with E-state index >= 15 is 0 Å². The molecule has 0 saturated heterocycles. The van der Waals surface area contributed by atoms with E-state index in [0.29, 0.717) is 0 Å². The molecule has 2 aromatic rings. The van der Waals surface area contributed by atoms with Gasteiger partial charge in [-0.25, -0.2) is 0 Å². The fourth-order valence-electron chi connectivity index (χ4n) is 3.96. The Bertz CT molecular complexity index is 881. The number of carbonyl (C=O) groups excluding carboxylic acids is 3. The van der Waals surface area contributed by atoms with Crippen LogP contribution in [0.3, 0.4) is 0 Å². The third-order valence-electron chi connectivity index (χ3n) is 5.23. The summed E-state index contributed by atoms with van der Waals surface area (Å²) in [6, 6.07) is 19.9. The fraction of sp³-hybridized carbons (Fsp3) is 0.400. The van der Waals surface area contributed by atoms with Gasteiger partial charge < -0.3 is 13.9 Å². The highest BCUT2D eigenvalue weighted by atomic mass is 28.4. The van der Waals surface area contributed by atoms with Gasteiger partial charge in [-0.1, -0.05) is 81.4 Å². The van der Waals surface area contributed by atoms with Crippen molar-refractivity contribution < 1.29 is 28.3 Å². The molecule has 2 rings (SSSR count). The van der Waals surface area contributed by atoms with Crippen molar-refractivity contribution in [3.8, 4) is 0 Å². The molecule has 0 aliphatic carbocycles. The molecule has 0 bridgehead atoms. The highest BCUT2D eigenvalue weighted by molar-refractivity contribution is 6.99. The lowest BCUT2D eigenvalue weighted by atomic mass is 10.1. The van der Waals surface area contributed by atoms with E-state index in [1.165, 1.54) is 20.8 Å². The molecule has 0 heterocycles. The molecule has 7 heteroatoms. The van der Waals surface area contributed by atoms with Crippen LogP contribution in [0.15, 0.2) is 60.7 Å². The van der Waals surface area contributed by atoms with Crippen LogP contribution in [0.25, 0.3) is 0 Å². The third kappa shape index (κ3) is 5.92. The lowest BCUT2D eigenvalue weighted by molar-refractivity contribution is -0.171. The van der Waals surface area contributed by atoms with Crippen molar-refractivity contribution in [3.63, 3.8) is 0 Å². The van der Waals surface area contributed by atoms with Crippen LogP contribution in [0, 0.1) is 0 Å². The van der Waals surface area contributed by atoms with Crippen molar-refractivity contribution in [1.82, 2.24) is 0 Å². The molecule has 32 heavy (non-hydrogen) atoms. The minimum absolute atomic E-state index is 0.0929. The number of esters is 2. The SMILES string of the molecule is CC(=O)O[C@H](C(C)=O)[C@@H](CO[Si](c1ccccc1)(c1ccccc1)C(C)(C)C)OC(C)=O. The average Bonchev–Trinajstić information content (AvgIpc) is 2.71. The van der Waals surface area contributed by atoms with E-state index in [1.54, 1.807) is 0 Å². The minimum Gasteiger partial charge on any atom is -0.456 e. The van der Waals surface area contributed by atoms with Crippen LogP contribution in [0.2, 0.25) is 5.04 Å². The van der Waals surface area contributed by atoms with Gasteiger partial charge in [0.05, 0.1) is 6.61 Å². The average molecular weight is 457 g/mol. The van der Waals surface area contributed by atoms with Crippen LogP contribution in [-0.2, 0) is 28.3 Å². The van der Waals surface area contributed by atoms with Crippen LogP contribution >= 0.6 is 0 Å². The predicted molar refractivity (Wildman–Crippen MR) is 125 cm³/mol. The summed E-state index contributed by atoms with van der Waals surface area (Å²) < 4.78 is 17.4. The molecule has 0 aliphatic rings. The van der Waals surface area contributed by atoms with Crippen molar-refractivity contribution in [2.75, 3.05) is 6.61 Å². The van der Waals surface area contributed by atoms with Gasteiger partial charge in [0.25, 0.3) is 8.32 Å². The maximum atomic E-state index is 12.3. The quantitative estimate of drug-likeness (QED) is 0.426. The smallest absolute Gasteiger partial charge is 0.303 e. The lowest BCUT2D eigenvalue weighted by Gasteiger charge is -2.43. The second-order valence-corrected chi connectivity index (χ2v) is 13.1. The Balaban J connectivity index is 2.58. The molecule has 0 radical (unpaired) electrons. The summed E-state index contributed by atoms with van der Waals surface area (Å²) in [7, 11) is -2.93. The standard InChI is InChI=1S/C25H32O6Si/c1-18(26)24(31-20(3)28)23(30-19(2)27)17-29-32(25(4,5)6,21-13-9-7-10-14-21)22-15-11-8-12-16-22/h7-16,23-24H,17H2,1-6H3/t23-,24-/m1/s1. The van der Waals surface area contributed by atoms with Gasteiger partial charge in [-0.2, -0.15) is 0 Å². The summed E-state index contributed by atoms with van der Waals surface area (Å²) in [5.74, 6) is -1.63. The Kier molecular flexibility index (Phi) is 8.52. The number of hydrogen-bond acceptors (Lipinski definition) is 6. The maximum absolute atomic E-state index is 12.3. The summed E-state index contributed by atoms with van der Waals surface area (Å²) >= 11 is 0. The van der Waals surface area contributed by atoms with Gasteiger partial charge in [0.15, 0.2) is 18.0 Å². The number of Topliss-reactive ketones (excluding diaryl/α,β-unsaturated/α-hetero) is 1. The minimum atomic E-state index is -2.93. The van der Waals surface area contributed by atoms with Crippen molar-refractivity contribution in [2.45, 2.75) is 58.8 Å². The zero-order chi connectivity index (χ0) is 23.9. The summed E-state index contributed by atoms with van der Waals surface area (Å²) in [4.78, 5) is 35.7. The van der Waals surface area contributed by atoms with Gasteiger partial charge in [0.1, 0.15) is 0 Å². The predicted octanol–water partition coefficient (Wildman–Crippen LogP) is 3.02. The van der Waals surface area contributed by atoms with Gasteiger partial charge in [0.2, 0.25) is 0 Å². The van der Waals surface area contributed by atoms with Gasteiger partial charge >= 0.3 is 11.9 Å². The topological polar surface area (TPSA) is 78.9 Å². The zero-order valence-electron chi connectivity index (χ0n) is 19.6. The molecule has 0 aliphatic heterocycles. The third-order valence-corrected chi connectivity index (χ3v) is 10.2. The van der Waals surface area contributed by atoms with Crippen LogP contribution in [0.4, 0.5) is 0 Å². The Hall–Kier alpha value is -2.77. The number of ketones is 1. The van der Waals surface area contributed by atoms with E-state index in [-0.39, 0.29) is 11.6 Å². The summed E-state index contributed by atoms with van der Waals surface area (Å²) in [5.41, 5.74) is 0. The van der Waals surface area contributed by atoms with Crippen LogP contribution in [0.1, 0.15) is 41.5 Å². The molecule has 6 nitrogen and oxygen atoms in total. The summed E-state index contributed by atoms with van der Waals surface area (Å²) in [6.45, 7) is 10.0. The zero-order valence-corrected chi connectivity index (χ0v) is 20.6. The number of benzene rings is 2. The molecule has 0 saturated carbocycles. The lowest BCUT2D eigenvalue weighted by Crippen LogP contribution is -2.67. The Morgan fingerprint density at radius 1 is 0.781 bits per heavy atom.